The maximum absolute atomic E-state index is 11.7. The Labute approximate surface area is 78.8 Å². The van der Waals surface area contributed by atoms with Crippen LogP contribution in [0.1, 0.15) is 26.7 Å². The molecule has 0 radical (unpaired) electrons. The van der Waals surface area contributed by atoms with E-state index in [1.54, 1.807) is 5.01 Å². The van der Waals surface area contributed by atoms with E-state index in [1.165, 1.54) is 0 Å². The van der Waals surface area contributed by atoms with Crippen molar-refractivity contribution in [2.75, 3.05) is 13.1 Å². The molecule has 1 aliphatic rings. The lowest BCUT2D eigenvalue weighted by atomic mass is 9.98. The topological polar surface area (TPSA) is 58.7 Å². The molecule has 0 aliphatic carbocycles. The first-order valence-corrected chi connectivity index (χ1v) is 4.83. The SMILES string of the molecule is CCC1=NN(CC)C(=O)C1CCN. The second-order valence-electron chi connectivity index (χ2n) is 3.13. The fraction of sp³-hybridized carbons (Fsp3) is 0.778. The smallest absolute Gasteiger partial charge is 0.251 e. The highest BCUT2D eigenvalue weighted by molar-refractivity contribution is 6.07. The van der Waals surface area contributed by atoms with Gasteiger partial charge >= 0.3 is 0 Å². The molecule has 13 heavy (non-hydrogen) atoms. The van der Waals surface area contributed by atoms with Crippen LogP contribution in [0.2, 0.25) is 0 Å². The standard InChI is InChI=1S/C9H17N3O/c1-3-8-7(5-6-10)9(13)12(4-2)11-8/h7H,3-6,10H2,1-2H3. The van der Waals surface area contributed by atoms with Crippen LogP contribution in [0.15, 0.2) is 5.10 Å². The van der Waals surface area contributed by atoms with E-state index < -0.39 is 0 Å². The number of hydrazone groups is 1. The van der Waals surface area contributed by atoms with Crippen LogP contribution in [0.5, 0.6) is 0 Å². The molecule has 0 saturated carbocycles. The lowest BCUT2D eigenvalue weighted by Crippen LogP contribution is -2.28. The van der Waals surface area contributed by atoms with Crippen molar-refractivity contribution < 1.29 is 4.79 Å². The van der Waals surface area contributed by atoms with Crippen molar-refractivity contribution >= 4 is 11.6 Å². The number of nitrogens with two attached hydrogens (primary N) is 1. The molecule has 0 aromatic heterocycles. The number of hydrogen-bond acceptors (Lipinski definition) is 3. The van der Waals surface area contributed by atoms with Gasteiger partial charge in [0.15, 0.2) is 0 Å². The van der Waals surface area contributed by atoms with Crippen LogP contribution in [0.4, 0.5) is 0 Å². The van der Waals surface area contributed by atoms with E-state index in [-0.39, 0.29) is 11.8 Å². The molecule has 0 fully saturated rings. The molecule has 1 aliphatic heterocycles. The van der Waals surface area contributed by atoms with Gasteiger partial charge in [0, 0.05) is 6.54 Å². The highest BCUT2D eigenvalue weighted by Crippen LogP contribution is 2.19. The zero-order chi connectivity index (χ0) is 9.84. The average molecular weight is 183 g/mol. The molecule has 74 valence electrons. The molecular formula is C9H17N3O. The first-order chi connectivity index (χ1) is 6.24. The van der Waals surface area contributed by atoms with Gasteiger partial charge in [-0.1, -0.05) is 6.92 Å². The number of nitrogens with zero attached hydrogens (tertiary/aromatic N) is 2. The summed E-state index contributed by atoms with van der Waals surface area (Å²) < 4.78 is 0. The molecule has 1 rings (SSSR count). The summed E-state index contributed by atoms with van der Waals surface area (Å²) in [5.41, 5.74) is 6.43. The Balaban J connectivity index is 2.73. The summed E-state index contributed by atoms with van der Waals surface area (Å²) in [6, 6.07) is 0. The normalized spacial score (nSPS) is 22.4. The number of hydrogen-bond donors (Lipinski definition) is 1. The zero-order valence-electron chi connectivity index (χ0n) is 8.29. The van der Waals surface area contributed by atoms with E-state index in [2.05, 4.69) is 5.10 Å². The van der Waals surface area contributed by atoms with Crippen molar-refractivity contribution in [3.05, 3.63) is 0 Å². The van der Waals surface area contributed by atoms with E-state index in [9.17, 15) is 4.79 Å². The molecule has 1 atom stereocenters. The number of amides is 1. The van der Waals surface area contributed by atoms with Crippen LogP contribution in [0, 0.1) is 5.92 Å². The van der Waals surface area contributed by atoms with Crippen LogP contribution in [0.3, 0.4) is 0 Å². The van der Waals surface area contributed by atoms with Gasteiger partial charge in [0.05, 0.1) is 11.6 Å². The Morgan fingerprint density at radius 3 is 2.69 bits per heavy atom. The Kier molecular flexibility index (Phi) is 3.42. The molecule has 0 aromatic carbocycles. The third-order valence-corrected chi connectivity index (χ3v) is 2.32. The molecule has 0 spiro atoms. The van der Waals surface area contributed by atoms with Gasteiger partial charge in [-0.3, -0.25) is 4.79 Å². The largest absolute Gasteiger partial charge is 0.330 e. The maximum Gasteiger partial charge on any atom is 0.251 e. The van der Waals surface area contributed by atoms with Gasteiger partial charge in [0.2, 0.25) is 0 Å². The fourth-order valence-electron chi connectivity index (χ4n) is 1.60. The Bertz CT molecular complexity index is 225. The third-order valence-electron chi connectivity index (χ3n) is 2.32. The summed E-state index contributed by atoms with van der Waals surface area (Å²) in [5.74, 6) is 0.0692. The van der Waals surface area contributed by atoms with Crippen molar-refractivity contribution in [2.24, 2.45) is 16.8 Å². The van der Waals surface area contributed by atoms with Gasteiger partial charge in [-0.15, -0.1) is 0 Å². The lowest BCUT2D eigenvalue weighted by molar-refractivity contribution is -0.131. The van der Waals surface area contributed by atoms with Crippen molar-refractivity contribution in [3.63, 3.8) is 0 Å². The van der Waals surface area contributed by atoms with Crippen molar-refractivity contribution in [3.8, 4) is 0 Å². The monoisotopic (exact) mass is 183 g/mol. The Morgan fingerprint density at radius 2 is 2.23 bits per heavy atom. The molecule has 1 amide bonds. The lowest BCUT2D eigenvalue weighted by Gasteiger charge is -2.10. The van der Waals surface area contributed by atoms with E-state index in [4.69, 9.17) is 5.73 Å². The first kappa shape index (κ1) is 10.2. The Morgan fingerprint density at radius 1 is 1.54 bits per heavy atom. The highest BCUT2D eigenvalue weighted by atomic mass is 16.2. The highest BCUT2D eigenvalue weighted by Gasteiger charge is 2.32. The molecule has 1 heterocycles. The molecular weight excluding hydrogens is 166 g/mol. The predicted octanol–water partition coefficient (Wildman–Crippen LogP) is 0.580. The summed E-state index contributed by atoms with van der Waals surface area (Å²) in [6.07, 6.45) is 1.56. The molecule has 2 N–H and O–H groups in total. The van der Waals surface area contributed by atoms with Gasteiger partial charge in [-0.25, -0.2) is 5.01 Å². The predicted molar refractivity (Wildman–Crippen MR) is 52.3 cm³/mol. The summed E-state index contributed by atoms with van der Waals surface area (Å²) in [7, 11) is 0. The summed E-state index contributed by atoms with van der Waals surface area (Å²) >= 11 is 0. The fourth-order valence-corrected chi connectivity index (χ4v) is 1.60. The molecule has 1 unspecified atom stereocenters. The van der Waals surface area contributed by atoms with Gasteiger partial charge in [0.1, 0.15) is 0 Å². The quantitative estimate of drug-likeness (QED) is 0.693. The minimum atomic E-state index is -0.0463. The summed E-state index contributed by atoms with van der Waals surface area (Å²) in [6.45, 7) is 5.16. The minimum absolute atomic E-state index is 0.0463. The molecule has 0 aromatic rings. The van der Waals surface area contributed by atoms with Crippen LogP contribution in [-0.2, 0) is 4.79 Å². The van der Waals surface area contributed by atoms with Crippen molar-refractivity contribution in [1.29, 1.82) is 0 Å². The van der Waals surface area contributed by atoms with Crippen molar-refractivity contribution in [1.82, 2.24) is 5.01 Å². The minimum Gasteiger partial charge on any atom is -0.330 e. The van der Waals surface area contributed by atoms with E-state index in [0.717, 1.165) is 18.6 Å². The summed E-state index contributed by atoms with van der Waals surface area (Å²) in [5, 5.41) is 5.79. The first-order valence-electron chi connectivity index (χ1n) is 4.83. The van der Waals surface area contributed by atoms with Crippen LogP contribution in [0.25, 0.3) is 0 Å². The van der Waals surface area contributed by atoms with Gasteiger partial charge in [0.25, 0.3) is 5.91 Å². The number of carbonyl (C=O) groups is 1. The second kappa shape index (κ2) is 4.37. The van der Waals surface area contributed by atoms with Crippen LogP contribution >= 0.6 is 0 Å². The second-order valence-corrected chi connectivity index (χ2v) is 3.13. The van der Waals surface area contributed by atoms with Gasteiger partial charge < -0.3 is 5.73 Å². The third kappa shape index (κ3) is 1.88. The van der Waals surface area contributed by atoms with Crippen LogP contribution in [-0.4, -0.2) is 29.7 Å². The molecule has 4 heteroatoms. The summed E-state index contributed by atoms with van der Waals surface area (Å²) in [4.78, 5) is 11.7. The molecule has 4 nitrogen and oxygen atoms in total. The van der Waals surface area contributed by atoms with Crippen molar-refractivity contribution in [2.45, 2.75) is 26.7 Å². The number of rotatable bonds is 4. The number of carbonyl (C=O) groups excluding carboxylic acids is 1. The molecule has 0 bridgehead atoms. The average Bonchev–Trinajstić information content (AvgIpc) is 2.45. The molecule has 0 saturated heterocycles. The van der Waals surface area contributed by atoms with Crippen LogP contribution < -0.4 is 5.73 Å². The zero-order valence-corrected chi connectivity index (χ0v) is 8.29. The van der Waals surface area contributed by atoms with E-state index in [0.29, 0.717) is 13.1 Å². The Hall–Kier alpha value is -0.900. The van der Waals surface area contributed by atoms with E-state index >= 15 is 0 Å². The maximum atomic E-state index is 11.7. The van der Waals surface area contributed by atoms with Gasteiger partial charge in [-0.05, 0) is 26.3 Å². The van der Waals surface area contributed by atoms with E-state index in [1.807, 2.05) is 13.8 Å². The van der Waals surface area contributed by atoms with Gasteiger partial charge in [-0.2, -0.15) is 5.10 Å².